The van der Waals surface area contributed by atoms with Gasteiger partial charge in [-0.1, -0.05) is 12.1 Å². The Morgan fingerprint density at radius 1 is 1.00 bits per heavy atom. The highest BCUT2D eigenvalue weighted by molar-refractivity contribution is 7.92. The molecule has 0 aliphatic carbocycles. The summed E-state index contributed by atoms with van der Waals surface area (Å²) in [5, 5.41) is 5.25. The predicted octanol–water partition coefficient (Wildman–Crippen LogP) is 3.28. The van der Waals surface area contributed by atoms with Crippen LogP contribution in [0.5, 0.6) is 5.75 Å². The second kappa shape index (κ2) is 13.8. The first-order valence-electron chi connectivity index (χ1n) is 15.5. The highest BCUT2D eigenvalue weighted by Gasteiger charge is 2.47. The molecular formula is C32H37F3N6O7S. The Hall–Kier alpha value is -4.48. The molecule has 264 valence electrons. The number of carbonyl (C=O) groups is 3. The number of amides is 3. The lowest BCUT2D eigenvalue weighted by molar-refractivity contribution is -0.274. The van der Waals surface area contributed by atoms with Crippen LogP contribution in [0, 0.1) is 13.8 Å². The van der Waals surface area contributed by atoms with Crippen molar-refractivity contribution in [2.24, 2.45) is 4.99 Å². The van der Waals surface area contributed by atoms with E-state index in [2.05, 4.69) is 15.0 Å². The Bertz CT molecular complexity index is 1770. The Morgan fingerprint density at radius 3 is 2.22 bits per heavy atom. The van der Waals surface area contributed by atoms with E-state index in [9.17, 15) is 36.0 Å². The molecule has 49 heavy (non-hydrogen) atoms. The summed E-state index contributed by atoms with van der Waals surface area (Å²) < 4.78 is 69.9. The molecule has 0 atom stereocenters. The van der Waals surface area contributed by atoms with Crippen molar-refractivity contribution in [1.29, 1.82) is 0 Å². The number of aryl methyl sites for hydroxylation is 2. The molecule has 2 aromatic rings. The number of hydrogen-bond donors (Lipinski definition) is 1. The van der Waals surface area contributed by atoms with Gasteiger partial charge in [-0.05, 0) is 73.7 Å². The summed E-state index contributed by atoms with van der Waals surface area (Å²) in [6.45, 7) is 5.05. The van der Waals surface area contributed by atoms with Crippen LogP contribution in [0.25, 0.3) is 6.08 Å². The maximum Gasteiger partial charge on any atom is 0.573 e. The lowest BCUT2D eigenvalue weighted by atomic mass is 9.89. The maximum absolute atomic E-state index is 13.3. The molecule has 1 N–H and O–H groups in total. The molecule has 5 rings (SSSR count). The SMILES string of the molecule is Cc1cc(C(=O)N2CCN(OC(=O)N(C)C)CC2)cc(C)c1/C=C/S(=O)(=O)N1CCC2(CC1)N=C(c1cccc(OC(F)(F)F)c1)NC2=O. The monoisotopic (exact) mass is 706 g/mol. The number of alkyl halides is 3. The summed E-state index contributed by atoms with van der Waals surface area (Å²) in [4.78, 5) is 50.8. The minimum atomic E-state index is -4.88. The van der Waals surface area contributed by atoms with Crippen LogP contribution >= 0.6 is 0 Å². The molecular weight excluding hydrogens is 669 g/mol. The third-order valence-corrected chi connectivity index (χ3v) is 10.1. The van der Waals surface area contributed by atoms with E-state index in [4.69, 9.17) is 4.84 Å². The number of amidine groups is 1. The average Bonchev–Trinajstić information content (AvgIpc) is 3.34. The number of ether oxygens (including phenoxy) is 1. The molecule has 0 bridgehead atoms. The zero-order valence-electron chi connectivity index (χ0n) is 27.4. The van der Waals surface area contributed by atoms with E-state index in [0.717, 1.165) is 17.5 Å². The molecule has 3 aliphatic heterocycles. The van der Waals surface area contributed by atoms with Gasteiger partial charge in [0.25, 0.3) is 11.8 Å². The largest absolute Gasteiger partial charge is 0.573 e. The van der Waals surface area contributed by atoms with Crippen LogP contribution in [0.3, 0.4) is 0 Å². The summed E-state index contributed by atoms with van der Waals surface area (Å²) in [5.74, 6) is -0.997. The molecule has 3 amide bonds. The van der Waals surface area contributed by atoms with Crippen molar-refractivity contribution < 1.29 is 45.5 Å². The molecule has 3 aliphatic rings. The van der Waals surface area contributed by atoms with E-state index in [1.807, 2.05) is 0 Å². The molecule has 3 heterocycles. The Balaban J connectivity index is 1.21. The van der Waals surface area contributed by atoms with Crippen LogP contribution in [0.15, 0.2) is 46.8 Å². The van der Waals surface area contributed by atoms with E-state index < -0.39 is 39.7 Å². The minimum Gasteiger partial charge on any atom is -0.406 e. The van der Waals surface area contributed by atoms with Gasteiger partial charge >= 0.3 is 12.5 Å². The number of sulfonamides is 1. The molecule has 2 fully saturated rings. The third-order valence-electron chi connectivity index (χ3n) is 8.58. The topological polar surface area (TPSA) is 141 Å². The number of benzene rings is 2. The smallest absolute Gasteiger partial charge is 0.406 e. The Kier molecular flexibility index (Phi) is 10.1. The van der Waals surface area contributed by atoms with Gasteiger partial charge in [-0.15, -0.1) is 18.2 Å². The molecule has 17 heteroatoms. The van der Waals surface area contributed by atoms with Crippen molar-refractivity contribution in [3.63, 3.8) is 0 Å². The van der Waals surface area contributed by atoms with Gasteiger partial charge in [0.15, 0.2) is 0 Å². The number of nitrogens with one attached hydrogen (secondary N) is 1. The van der Waals surface area contributed by atoms with Crippen LogP contribution in [0.2, 0.25) is 0 Å². The summed E-state index contributed by atoms with van der Waals surface area (Å²) in [6.07, 6.45) is -3.72. The molecule has 0 unspecified atom stereocenters. The third kappa shape index (κ3) is 8.22. The average molecular weight is 707 g/mol. The second-order valence-corrected chi connectivity index (χ2v) is 14.1. The second-order valence-electron chi connectivity index (χ2n) is 12.3. The Labute approximate surface area is 281 Å². The van der Waals surface area contributed by atoms with E-state index in [1.165, 1.54) is 32.5 Å². The minimum absolute atomic E-state index is 0.00110. The summed E-state index contributed by atoms with van der Waals surface area (Å²) in [7, 11) is -0.729. The van der Waals surface area contributed by atoms with E-state index in [-0.39, 0.29) is 43.2 Å². The molecule has 2 aromatic carbocycles. The van der Waals surface area contributed by atoms with Gasteiger partial charge in [-0.2, -0.15) is 4.31 Å². The molecule has 0 radical (unpaired) electrons. The molecule has 0 saturated carbocycles. The number of rotatable bonds is 7. The van der Waals surface area contributed by atoms with Gasteiger partial charge < -0.3 is 24.7 Å². The molecule has 13 nitrogen and oxygen atoms in total. The van der Waals surface area contributed by atoms with E-state index >= 15 is 0 Å². The normalized spacial score (nSPS) is 18.8. The zero-order valence-corrected chi connectivity index (χ0v) is 28.2. The van der Waals surface area contributed by atoms with E-state index in [0.29, 0.717) is 48.4 Å². The standard InChI is InChI=1S/C32H37F3N6O7S/c1-21-18-24(28(42)39-13-15-40(16-14-39)48-30(44)38(3)4)19-22(2)26(21)8-17-49(45,46)41-11-9-31(10-12-41)29(43)36-27(37-31)23-6-5-7-25(20-23)47-32(33,34)35/h5-8,17-20H,9-16H2,1-4H3,(H,36,37,43)/b17-8+. The van der Waals surface area contributed by atoms with Crippen LogP contribution < -0.4 is 10.1 Å². The number of piperazine rings is 1. The molecule has 0 aromatic heterocycles. The van der Waals surface area contributed by atoms with Crippen molar-refractivity contribution in [1.82, 2.24) is 24.5 Å². The van der Waals surface area contributed by atoms with Crippen molar-refractivity contribution in [3.05, 3.63) is 69.6 Å². The molecule has 2 saturated heterocycles. The zero-order chi connectivity index (χ0) is 35.7. The van der Waals surface area contributed by atoms with Gasteiger partial charge in [-0.25, -0.2) is 13.2 Å². The first kappa shape index (κ1) is 35.8. The van der Waals surface area contributed by atoms with Crippen LogP contribution in [-0.2, 0) is 19.7 Å². The fourth-order valence-corrected chi connectivity index (χ4v) is 7.07. The first-order valence-corrected chi connectivity index (χ1v) is 17.0. The lowest BCUT2D eigenvalue weighted by Gasteiger charge is -2.34. The van der Waals surface area contributed by atoms with Gasteiger partial charge in [0.2, 0.25) is 10.0 Å². The maximum atomic E-state index is 13.3. The first-order chi connectivity index (χ1) is 23.0. The highest BCUT2D eigenvalue weighted by Crippen LogP contribution is 2.33. The van der Waals surface area contributed by atoms with Gasteiger partial charge in [-0.3, -0.25) is 14.6 Å². The van der Waals surface area contributed by atoms with Gasteiger partial charge in [0.1, 0.15) is 17.1 Å². The van der Waals surface area contributed by atoms with Crippen molar-refractivity contribution in [2.45, 2.75) is 38.6 Å². The van der Waals surface area contributed by atoms with Crippen LogP contribution in [0.1, 0.15) is 45.5 Å². The van der Waals surface area contributed by atoms with Crippen molar-refractivity contribution in [2.75, 3.05) is 53.4 Å². The highest BCUT2D eigenvalue weighted by atomic mass is 32.2. The van der Waals surface area contributed by atoms with Crippen LogP contribution in [-0.4, -0.2) is 117 Å². The number of piperidine rings is 1. The molecule has 1 spiro atoms. The van der Waals surface area contributed by atoms with Crippen molar-refractivity contribution >= 4 is 39.8 Å². The number of aliphatic imine (C=N–C) groups is 1. The summed E-state index contributed by atoms with van der Waals surface area (Å²) >= 11 is 0. The summed E-state index contributed by atoms with van der Waals surface area (Å²) in [5.41, 5.74) is 1.51. The van der Waals surface area contributed by atoms with E-state index in [1.54, 1.807) is 45.0 Å². The van der Waals surface area contributed by atoms with Crippen molar-refractivity contribution in [3.8, 4) is 5.75 Å². The predicted molar refractivity (Wildman–Crippen MR) is 173 cm³/mol. The number of carbonyl (C=O) groups excluding carboxylic acids is 3. The number of halogens is 3. The number of nitrogens with zero attached hydrogens (tertiary/aromatic N) is 5. The van der Waals surface area contributed by atoms with Crippen LogP contribution in [0.4, 0.5) is 18.0 Å². The Morgan fingerprint density at radius 2 is 1.63 bits per heavy atom. The lowest BCUT2D eigenvalue weighted by Crippen LogP contribution is -2.50. The number of hydroxylamine groups is 2. The van der Waals surface area contributed by atoms with Gasteiger partial charge in [0.05, 0.1) is 13.1 Å². The fraction of sp³-hybridized carbons (Fsp3) is 0.438. The fourth-order valence-electron chi connectivity index (χ4n) is 5.90. The van der Waals surface area contributed by atoms with Gasteiger partial charge in [0, 0.05) is 56.8 Å². The quantitative estimate of drug-likeness (QED) is 0.463. The summed E-state index contributed by atoms with van der Waals surface area (Å²) in [6, 6.07) is 8.52. The number of hydrogen-bond acceptors (Lipinski definition) is 9.